The van der Waals surface area contributed by atoms with Gasteiger partial charge in [0.25, 0.3) is 0 Å². The van der Waals surface area contributed by atoms with Gasteiger partial charge < -0.3 is 0 Å². The minimum Gasteiger partial charge on any atom is -0.0961 e. The average Bonchev–Trinajstić information content (AvgIpc) is 2.48. The molecular weight excluding hydrogens is 227 g/mol. The first-order chi connectivity index (χ1) is 9.33. The highest BCUT2D eigenvalue weighted by Crippen LogP contribution is 2.25. The molecule has 0 saturated heterocycles. The van der Waals surface area contributed by atoms with Crippen LogP contribution in [0.5, 0.6) is 0 Å². The van der Waals surface area contributed by atoms with E-state index in [2.05, 4.69) is 54.6 Å². The zero-order chi connectivity index (χ0) is 13.1. The van der Waals surface area contributed by atoms with E-state index >= 15 is 0 Å². The SMILES string of the molecule is [B]c1cccc(-c2cccc(-c3ccccc3)c2)c1. The van der Waals surface area contributed by atoms with Crippen LogP contribution in [0.1, 0.15) is 0 Å². The summed E-state index contributed by atoms with van der Waals surface area (Å²) in [5, 5.41) is 0. The van der Waals surface area contributed by atoms with Crippen LogP contribution in [0.3, 0.4) is 0 Å². The van der Waals surface area contributed by atoms with E-state index < -0.39 is 0 Å². The first-order valence-electron chi connectivity index (χ1n) is 6.34. The van der Waals surface area contributed by atoms with Crippen molar-refractivity contribution in [3.05, 3.63) is 78.9 Å². The largest absolute Gasteiger partial charge is 0.113 e. The van der Waals surface area contributed by atoms with E-state index in [-0.39, 0.29) is 0 Å². The number of hydrogen-bond acceptors (Lipinski definition) is 0. The molecule has 0 fully saturated rings. The van der Waals surface area contributed by atoms with E-state index in [0.29, 0.717) is 0 Å². The second-order valence-electron chi connectivity index (χ2n) is 4.57. The van der Waals surface area contributed by atoms with E-state index in [9.17, 15) is 0 Å². The third kappa shape index (κ3) is 2.60. The second kappa shape index (κ2) is 5.15. The first-order valence-corrected chi connectivity index (χ1v) is 6.34. The monoisotopic (exact) mass is 240 g/mol. The van der Waals surface area contributed by atoms with Crippen molar-refractivity contribution in [2.75, 3.05) is 0 Å². The lowest BCUT2D eigenvalue weighted by Crippen LogP contribution is -2.00. The summed E-state index contributed by atoms with van der Waals surface area (Å²) in [6.45, 7) is 0. The topological polar surface area (TPSA) is 0 Å². The third-order valence-corrected chi connectivity index (χ3v) is 3.19. The van der Waals surface area contributed by atoms with Crippen LogP contribution in [-0.4, -0.2) is 7.85 Å². The molecule has 88 valence electrons. The van der Waals surface area contributed by atoms with Crippen LogP contribution in [0.2, 0.25) is 0 Å². The van der Waals surface area contributed by atoms with Crippen LogP contribution in [0.25, 0.3) is 22.3 Å². The molecule has 0 amide bonds. The Balaban J connectivity index is 2.06. The molecule has 0 aliphatic rings. The molecule has 0 unspecified atom stereocenters. The fraction of sp³-hybridized carbons (Fsp3) is 0. The van der Waals surface area contributed by atoms with E-state index in [1.54, 1.807) is 0 Å². The molecule has 0 atom stereocenters. The Morgan fingerprint density at radius 2 is 1.00 bits per heavy atom. The van der Waals surface area contributed by atoms with Gasteiger partial charge >= 0.3 is 0 Å². The quantitative estimate of drug-likeness (QED) is 0.597. The van der Waals surface area contributed by atoms with Crippen LogP contribution in [0, 0.1) is 0 Å². The second-order valence-corrected chi connectivity index (χ2v) is 4.57. The van der Waals surface area contributed by atoms with Crippen molar-refractivity contribution in [2.45, 2.75) is 0 Å². The van der Waals surface area contributed by atoms with Gasteiger partial charge in [0.2, 0.25) is 0 Å². The summed E-state index contributed by atoms with van der Waals surface area (Å²) < 4.78 is 0. The Kier molecular flexibility index (Phi) is 3.20. The lowest BCUT2D eigenvalue weighted by Gasteiger charge is -2.07. The standard InChI is InChI=1S/C18H13B/c19-18-11-5-10-17(13-18)16-9-4-8-15(12-16)14-6-2-1-3-7-14/h1-13H. The molecule has 0 nitrogen and oxygen atoms in total. The Morgan fingerprint density at radius 1 is 0.474 bits per heavy atom. The predicted octanol–water partition coefficient (Wildman–Crippen LogP) is 3.81. The fourth-order valence-electron chi connectivity index (χ4n) is 2.23. The minimum atomic E-state index is 0.794. The Labute approximate surface area is 115 Å². The van der Waals surface area contributed by atoms with Crippen LogP contribution in [0.15, 0.2) is 78.9 Å². The molecule has 0 saturated carbocycles. The van der Waals surface area contributed by atoms with Gasteiger partial charge in [-0.2, -0.15) is 0 Å². The number of hydrogen-bond donors (Lipinski definition) is 0. The summed E-state index contributed by atoms with van der Waals surface area (Å²) in [7, 11) is 5.85. The van der Waals surface area contributed by atoms with E-state index in [4.69, 9.17) is 7.85 Å². The van der Waals surface area contributed by atoms with Crippen molar-refractivity contribution in [3.63, 3.8) is 0 Å². The molecular formula is C18H13B. The van der Waals surface area contributed by atoms with Crippen molar-refractivity contribution in [3.8, 4) is 22.3 Å². The Morgan fingerprint density at radius 3 is 1.68 bits per heavy atom. The van der Waals surface area contributed by atoms with E-state index in [1.165, 1.54) is 16.7 Å². The Hall–Kier alpha value is -2.28. The summed E-state index contributed by atoms with van der Waals surface area (Å²) in [5.74, 6) is 0. The minimum absolute atomic E-state index is 0.794. The average molecular weight is 240 g/mol. The van der Waals surface area contributed by atoms with Crippen LogP contribution >= 0.6 is 0 Å². The van der Waals surface area contributed by atoms with Gasteiger partial charge in [-0.25, -0.2) is 0 Å². The third-order valence-electron chi connectivity index (χ3n) is 3.19. The lowest BCUT2D eigenvalue weighted by atomic mass is 9.91. The molecule has 3 rings (SSSR count). The van der Waals surface area contributed by atoms with Crippen molar-refractivity contribution in [1.82, 2.24) is 0 Å². The lowest BCUT2D eigenvalue weighted by molar-refractivity contribution is 1.60. The highest BCUT2D eigenvalue weighted by molar-refractivity contribution is 6.32. The van der Waals surface area contributed by atoms with Crippen molar-refractivity contribution >= 4 is 13.3 Å². The molecule has 0 N–H and O–H groups in total. The van der Waals surface area contributed by atoms with Crippen molar-refractivity contribution < 1.29 is 0 Å². The van der Waals surface area contributed by atoms with Crippen LogP contribution in [-0.2, 0) is 0 Å². The fourth-order valence-corrected chi connectivity index (χ4v) is 2.23. The van der Waals surface area contributed by atoms with Gasteiger partial charge in [0.05, 0.1) is 0 Å². The zero-order valence-corrected chi connectivity index (χ0v) is 10.6. The first kappa shape index (κ1) is 11.8. The van der Waals surface area contributed by atoms with Crippen molar-refractivity contribution in [1.29, 1.82) is 0 Å². The molecule has 0 aromatic heterocycles. The summed E-state index contributed by atoms with van der Waals surface area (Å²) in [4.78, 5) is 0. The normalized spacial score (nSPS) is 10.3. The Bertz CT molecular complexity index is 687. The summed E-state index contributed by atoms with van der Waals surface area (Å²) in [6.07, 6.45) is 0. The molecule has 0 aliphatic heterocycles. The van der Waals surface area contributed by atoms with Crippen LogP contribution < -0.4 is 5.46 Å². The van der Waals surface area contributed by atoms with E-state index in [1.807, 2.05) is 24.3 Å². The highest BCUT2D eigenvalue weighted by Gasteiger charge is 2.01. The molecule has 19 heavy (non-hydrogen) atoms. The van der Waals surface area contributed by atoms with E-state index in [0.717, 1.165) is 11.0 Å². The van der Waals surface area contributed by atoms with Gasteiger partial charge in [0, 0.05) is 0 Å². The van der Waals surface area contributed by atoms with Gasteiger partial charge in [-0.05, 0) is 28.3 Å². The summed E-state index contributed by atoms with van der Waals surface area (Å²) >= 11 is 0. The number of rotatable bonds is 2. The van der Waals surface area contributed by atoms with Gasteiger partial charge in [0.15, 0.2) is 0 Å². The van der Waals surface area contributed by atoms with Gasteiger partial charge in [-0.15, -0.1) is 0 Å². The van der Waals surface area contributed by atoms with Gasteiger partial charge in [-0.3, -0.25) is 0 Å². The van der Waals surface area contributed by atoms with Crippen molar-refractivity contribution in [2.24, 2.45) is 0 Å². The number of benzene rings is 3. The smallest absolute Gasteiger partial charge is 0.0961 e. The highest BCUT2D eigenvalue weighted by atomic mass is 14.0. The maximum atomic E-state index is 5.85. The molecule has 0 spiro atoms. The van der Waals surface area contributed by atoms with Gasteiger partial charge in [-0.1, -0.05) is 78.3 Å². The zero-order valence-electron chi connectivity index (χ0n) is 10.6. The predicted molar refractivity (Wildman–Crippen MR) is 82.7 cm³/mol. The summed E-state index contributed by atoms with van der Waals surface area (Å²) in [6, 6.07) is 26.9. The molecule has 1 heteroatoms. The van der Waals surface area contributed by atoms with Gasteiger partial charge in [0.1, 0.15) is 7.85 Å². The summed E-state index contributed by atoms with van der Waals surface area (Å²) in [5.41, 5.74) is 5.59. The van der Waals surface area contributed by atoms with Crippen LogP contribution in [0.4, 0.5) is 0 Å². The molecule has 0 heterocycles. The molecule has 3 aromatic rings. The molecule has 3 aromatic carbocycles. The molecule has 2 radical (unpaired) electrons. The molecule has 0 bridgehead atoms. The maximum Gasteiger partial charge on any atom is 0.113 e. The maximum absolute atomic E-state index is 5.85. The molecule has 0 aliphatic carbocycles.